The van der Waals surface area contributed by atoms with Crippen molar-refractivity contribution in [1.82, 2.24) is 15.8 Å². The lowest BCUT2D eigenvalue weighted by atomic mass is 9.84. The van der Waals surface area contributed by atoms with Gasteiger partial charge < -0.3 is 9.64 Å². The minimum absolute atomic E-state index is 0.163. The van der Waals surface area contributed by atoms with Crippen LogP contribution in [-0.2, 0) is 0 Å². The number of hydrogen-bond acceptors (Lipinski definition) is 6. The first kappa shape index (κ1) is 17.8. The maximum absolute atomic E-state index is 9.49. The molecule has 2 aromatic rings. The van der Waals surface area contributed by atoms with Crippen molar-refractivity contribution < 1.29 is 4.74 Å². The quantitative estimate of drug-likeness (QED) is 0.870. The number of nitriles is 1. The van der Waals surface area contributed by atoms with Crippen molar-refractivity contribution in [2.24, 2.45) is 5.92 Å². The summed E-state index contributed by atoms with van der Waals surface area (Å²) in [5.74, 6) is 2.11. The van der Waals surface area contributed by atoms with E-state index in [9.17, 15) is 5.26 Å². The Morgan fingerprint density at radius 1 is 1.26 bits per heavy atom. The van der Waals surface area contributed by atoms with Crippen LogP contribution in [0.3, 0.4) is 0 Å². The van der Waals surface area contributed by atoms with Gasteiger partial charge in [-0.2, -0.15) is 5.26 Å². The highest BCUT2D eigenvalue weighted by molar-refractivity contribution is 5.55. The van der Waals surface area contributed by atoms with Gasteiger partial charge in [-0.1, -0.05) is 18.2 Å². The summed E-state index contributed by atoms with van der Waals surface area (Å²) in [4.78, 5) is 6.93. The summed E-state index contributed by atoms with van der Waals surface area (Å²) >= 11 is 0. The molecule has 6 heteroatoms. The molecule has 27 heavy (non-hydrogen) atoms. The summed E-state index contributed by atoms with van der Waals surface area (Å²) in [6.45, 7) is 6.37. The molecule has 2 aliphatic heterocycles. The topological polar surface area (TPSA) is 73.2 Å². The van der Waals surface area contributed by atoms with Gasteiger partial charge in [0.15, 0.2) is 0 Å². The predicted molar refractivity (Wildman–Crippen MR) is 104 cm³/mol. The van der Waals surface area contributed by atoms with Crippen LogP contribution in [0, 0.1) is 24.2 Å². The number of ether oxygens (including phenoxy) is 1. The van der Waals surface area contributed by atoms with Gasteiger partial charge in [0.05, 0.1) is 18.2 Å². The summed E-state index contributed by atoms with van der Waals surface area (Å²) in [6.07, 6.45) is 1.01. The Bertz CT molecular complexity index is 862. The lowest BCUT2D eigenvalue weighted by Crippen LogP contribution is -2.46. The zero-order chi connectivity index (χ0) is 18.8. The van der Waals surface area contributed by atoms with Crippen LogP contribution in [0.2, 0.25) is 0 Å². The van der Waals surface area contributed by atoms with E-state index < -0.39 is 0 Å². The minimum Gasteiger partial charge on any atom is -0.494 e. The second-order valence-electron chi connectivity index (χ2n) is 7.18. The third-order valence-electron chi connectivity index (χ3n) is 5.50. The number of nitrogens with zero attached hydrogens (tertiary/aromatic N) is 3. The van der Waals surface area contributed by atoms with Crippen molar-refractivity contribution >= 4 is 5.82 Å². The average Bonchev–Trinajstić information content (AvgIpc) is 3.11. The number of anilines is 1. The van der Waals surface area contributed by atoms with E-state index in [0.717, 1.165) is 36.8 Å². The van der Waals surface area contributed by atoms with E-state index in [1.54, 1.807) is 0 Å². The lowest BCUT2D eigenvalue weighted by molar-refractivity contribution is 0.319. The molecule has 6 nitrogen and oxygen atoms in total. The van der Waals surface area contributed by atoms with E-state index in [0.29, 0.717) is 24.1 Å². The summed E-state index contributed by atoms with van der Waals surface area (Å²) in [7, 11) is 0. The second kappa shape index (κ2) is 7.55. The fraction of sp³-hybridized carbons (Fsp3) is 0.429. The molecule has 0 saturated carbocycles. The first-order chi connectivity index (χ1) is 13.2. The van der Waals surface area contributed by atoms with Gasteiger partial charge in [0.1, 0.15) is 17.6 Å². The molecule has 3 heterocycles. The molecule has 4 rings (SSSR count). The number of aromatic nitrogens is 1. The predicted octanol–water partition coefficient (Wildman–Crippen LogP) is 2.70. The zero-order valence-electron chi connectivity index (χ0n) is 15.8. The molecular weight excluding hydrogens is 338 g/mol. The number of benzene rings is 1. The van der Waals surface area contributed by atoms with Crippen LogP contribution >= 0.6 is 0 Å². The molecule has 0 amide bonds. The van der Waals surface area contributed by atoms with E-state index in [1.165, 1.54) is 5.56 Å². The molecular formula is C21H25N5O. The smallest absolute Gasteiger partial charge is 0.146 e. The average molecular weight is 363 g/mol. The van der Waals surface area contributed by atoms with E-state index in [4.69, 9.17) is 4.74 Å². The minimum atomic E-state index is 0.163. The van der Waals surface area contributed by atoms with Crippen LogP contribution in [0.5, 0.6) is 5.75 Å². The Hall–Kier alpha value is -2.62. The van der Waals surface area contributed by atoms with Gasteiger partial charge >= 0.3 is 0 Å². The Morgan fingerprint density at radius 2 is 2.11 bits per heavy atom. The van der Waals surface area contributed by atoms with E-state index in [1.807, 2.05) is 38.1 Å². The molecule has 0 radical (unpaired) electrons. The molecule has 0 aliphatic carbocycles. The summed E-state index contributed by atoms with van der Waals surface area (Å²) < 4.78 is 5.86. The monoisotopic (exact) mass is 363 g/mol. The normalized spacial score (nSPS) is 24.3. The Kier molecular flexibility index (Phi) is 4.97. The van der Waals surface area contributed by atoms with Crippen LogP contribution in [0.25, 0.3) is 0 Å². The summed E-state index contributed by atoms with van der Waals surface area (Å²) in [5, 5.41) is 9.49. The van der Waals surface area contributed by atoms with Gasteiger partial charge in [-0.15, -0.1) is 0 Å². The Morgan fingerprint density at radius 3 is 2.93 bits per heavy atom. The number of para-hydroxylation sites is 1. The van der Waals surface area contributed by atoms with Gasteiger partial charge in [-0.05, 0) is 38.5 Å². The van der Waals surface area contributed by atoms with Crippen molar-refractivity contribution in [3.8, 4) is 11.8 Å². The highest BCUT2D eigenvalue weighted by Crippen LogP contribution is 2.38. The van der Waals surface area contributed by atoms with Crippen molar-refractivity contribution in [2.45, 2.75) is 32.4 Å². The number of pyridine rings is 1. The fourth-order valence-electron chi connectivity index (χ4n) is 4.20. The largest absolute Gasteiger partial charge is 0.494 e. The van der Waals surface area contributed by atoms with Gasteiger partial charge in [0, 0.05) is 36.3 Å². The van der Waals surface area contributed by atoms with Gasteiger partial charge in [0.2, 0.25) is 0 Å². The third-order valence-corrected chi connectivity index (χ3v) is 5.50. The lowest BCUT2D eigenvalue weighted by Gasteiger charge is -2.37. The number of nitrogens with one attached hydrogen (secondary N) is 2. The van der Waals surface area contributed by atoms with E-state index in [-0.39, 0.29) is 6.04 Å². The number of aryl methyl sites for hydroxylation is 1. The van der Waals surface area contributed by atoms with Gasteiger partial charge in [-0.25, -0.2) is 10.4 Å². The van der Waals surface area contributed by atoms with Crippen molar-refractivity contribution in [1.29, 1.82) is 5.26 Å². The molecule has 140 valence electrons. The van der Waals surface area contributed by atoms with Crippen LogP contribution in [0.15, 0.2) is 36.4 Å². The number of hydrazine groups is 1. The molecule has 2 N–H and O–H groups in total. The van der Waals surface area contributed by atoms with Crippen LogP contribution in [0.4, 0.5) is 5.82 Å². The van der Waals surface area contributed by atoms with Gasteiger partial charge in [0.25, 0.3) is 0 Å². The van der Waals surface area contributed by atoms with Crippen LogP contribution < -0.4 is 20.5 Å². The molecule has 1 aromatic heterocycles. The number of fused-ring (bicyclic) bond motifs is 1. The summed E-state index contributed by atoms with van der Waals surface area (Å²) in [6, 6.07) is 14.9. The maximum atomic E-state index is 9.49. The molecule has 0 bridgehead atoms. The standard InChI is InChI=1S/C21H25N5O/c1-3-27-19-7-5-4-6-16(19)20-17-13-26(11-10-18(17)24-25-20)21-15(12-22)9-8-14(2)23-21/h4-9,17-18,20,24-25H,3,10-11,13H2,1-2H3. The number of hydrogen-bond donors (Lipinski definition) is 2. The van der Waals surface area contributed by atoms with Gasteiger partial charge in [-0.3, -0.25) is 5.43 Å². The van der Waals surface area contributed by atoms with E-state index in [2.05, 4.69) is 38.9 Å². The summed E-state index contributed by atoms with van der Waals surface area (Å²) in [5.41, 5.74) is 9.71. The van der Waals surface area contributed by atoms with Crippen molar-refractivity contribution in [3.05, 3.63) is 53.2 Å². The van der Waals surface area contributed by atoms with E-state index >= 15 is 0 Å². The van der Waals surface area contributed by atoms with Crippen molar-refractivity contribution in [2.75, 3.05) is 24.6 Å². The SMILES string of the molecule is CCOc1ccccc1C1NNC2CCN(c3nc(C)ccc3C#N)CC21. The first-order valence-corrected chi connectivity index (χ1v) is 9.56. The van der Waals surface area contributed by atoms with Crippen LogP contribution in [0.1, 0.15) is 36.2 Å². The van der Waals surface area contributed by atoms with Crippen molar-refractivity contribution in [3.63, 3.8) is 0 Å². The highest BCUT2D eigenvalue weighted by Gasteiger charge is 2.42. The van der Waals surface area contributed by atoms with Crippen LogP contribution in [-0.4, -0.2) is 30.7 Å². The molecule has 2 fully saturated rings. The molecule has 2 aliphatic rings. The first-order valence-electron chi connectivity index (χ1n) is 9.56. The molecule has 3 atom stereocenters. The Labute approximate surface area is 160 Å². The highest BCUT2D eigenvalue weighted by atomic mass is 16.5. The molecule has 1 aromatic carbocycles. The zero-order valence-corrected chi connectivity index (χ0v) is 15.8. The maximum Gasteiger partial charge on any atom is 0.146 e. The Balaban J connectivity index is 1.62. The molecule has 2 saturated heterocycles. The second-order valence-corrected chi connectivity index (χ2v) is 7.18. The molecule has 0 spiro atoms. The molecule has 3 unspecified atom stereocenters. The third kappa shape index (κ3) is 3.36. The number of rotatable bonds is 4. The fourth-order valence-corrected chi connectivity index (χ4v) is 4.20. The number of piperidine rings is 1.